The molecular weight excluding hydrogens is 420 g/mol. The first-order valence-electron chi connectivity index (χ1n) is 11.1. The Morgan fingerprint density at radius 3 is 2.36 bits per heavy atom. The number of carbonyl (C=O) groups excluding carboxylic acids is 4. The Morgan fingerprint density at radius 1 is 1.06 bits per heavy atom. The third-order valence-electron chi connectivity index (χ3n) is 6.33. The number of anilines is 1. The number of benzene rings is 2. The Balaban J connectivity index is 1.51. The molecule has 172 valence electrons. The lowest BCUT2D eigenvalue weighted by molar-refractivity contribution is -0.142. The highest BCUT2D eigenvalue weighted by atomic mass is 16.2. The molecule has 0 saturated carbocycles. The van der Waals surface area contributed by atoms with Crippen molar-refractivity contribution >= 4 is 29.4 Å². The molecule has 0 unspecified atom stereocenters. The van der Waals surface area contributed by atoms with Crippen molar-refractivity contribution in [1.29, 1.82) is 0 Å². The fraction of sp³-hybridized carbons (Fsp3) is 0.360. The quantitative estimate of drug-likeness (QED) is 0.686. The molecular formula is C25H28N4O4. The zero-order valence-corrected chi connectivity index (χ0v) is 19.0. The molecule has 0 bridgehead atoms. The van der Waals surface area contributed by atoms with Gasteiger partial charge in [0.05, 0.1) is 12.1 Å². The van der Waals surface area contributed by atoms with Crippen molar-refractivity contribution < 1.29 is 19.2 Å². The highest BCUT2D eigenvalue weighted by molar-refractivity contribution is 6.22. The zero-order chi connectivity index (χ0) is 23.7. The topological polar surface area (TPSA) is 98.8 Å². The number of hydrogen-bond donors (Lipinski definition) is 2. The summed E-state index contributed by atoms with van der Waals surface area (Å²) < 4.78 is 0. The Kier molecular flexibility index (Phi) is 6.18. The third kappa shape index (κ3) is 4.33. The van der Waals surface area contributed by atoms with Crippen LogP contribution >= 0.6 is 0 Å². The van der Waals surface area contributed by atoms with Gasteiger partial charge >= 0.3 is 6.03 Å². The number of hydrogen-bond acceptors (Lipinski definition) is 4. The van der Waals surface area contributed by atoms with E-state index in [0.29, 0.717) is 18.0 Å². The molecule has 0 aliphatic carbocycles. The molecule has 2 heterocycles. The van der Waals surface area contributed by atoms with E-state index in [0.717, 1.165) is 21.6 Å². The Hall–Kier alpha value is -3.68. The molecule has 1 saturated heterocycles. The van der Waals surface area contributed by atoms with Crippen LogP contribution in [0.1, 0.15) is 42.9 Å². The van der Waals surface area contributed by atoms with Crippen LogP contribution in [-0.4, -0.2) is 47.8 Å². The lowest BCUT2D eigenvalue weighted by atomic mass is 9.93. The molecule has 8 heteroatoms. The molecule has 2 aromatic carbocycles. The smallest absolute Gasteiger partial charge is 0.329 e. The number of likely N-dealkylation sites (N-methyl/N-ethyl adjacent to an activating group) is 1. The highest BCUT2D eigenvalue weighted by Gasteiger charge is 2.42. The summed E-state index contributed by atoms with van der Waals surface area (Å²) in [5.41, 5.74) is 3.56. The molecule has 5 amide bonds. The largest absolute Gasteiger partial charge is 0.357 e. The van der Waals surface area contributed by atoms with E-state index in [9.17, 15) is 19.2 Å². The lowest BCUT2D eigenvalue weighted by Crippen LogP contribution is -2.53. The second kappa shape index (κ2) is 9.05. The van der Waals surface area contributed by atoms with Crippen molar-refractivity contribution in [2.45, 2.75) is 51.2 Å². The first kappa shape index (κ1) is 22.5. The molecule has 2 atom stereocenters. The van der Waals surface area contributed by atoms with Gasteiger partial charge in [0.25, 0.3) is 5.91 Å². The van der Waals surface area contributed by atoms with E-state index >= 15 is 0 Å². The minimum Gasteiger partial charge on any atom is -0.357 e. The minimum absolute atomic E-state index is 0.208. The molecule has 1 fully saturated rings. The minimum atomic E-state index is -0.975. The number of fused-ring (bicyclic) bond motifs is 1. The first-order chi connectivity index (χ1) is 15.8. The Morgan fingerprint density at radius 2 is 1.73 bits per heavy atom. The molecule has 0 radical (unpaired) electrons. The van der Waals surface area contributed by atoms with Crippen molar-refractivity contribution in [2.75, 3.05) is 11.9 Å². The fourth-order valence-corrected chi connectivity index (χ4v) is 4.40. The maximum atomic E-state index is 13.2. The summed E-state index contributed by atoms with van der Waals surface area (Å²) in [6.07, 6.45) is 0.196. The summed E-state index contributed by atoms with van der Waals surface area (Å²) in [4.78, 5) is 53.9. The van der Waals surface area contributed by atoms with Crippen LogP contribution in [0.25, 0.3) is 0 Å². The van der Waals surface area contributed by atoms with Gasteiger partial charge in [-0.15, -0.1) is 0 Å². The summed E-state index contributed by atoms with van der Waals surface area (Å²) in [5, 5.41) is 5.25. The molecule has 2 N–H and O–H groups in total. The average Bonchev–Trinajstić information content (AvgIpc) is 3.10. The fourth-order valence-electron chi connectivity index (χ4n) is 4.40. The standard InChI is InChI=1S/C25H28N4O4/c1-15(2)16-8-10-19(11-9-16)29-24(32)20(27-25(29)33)13-22(30)28-14-18-7-5-4-6-17(18)12-21(28)23(31)26-3/h4-11,15,20-21H,12-14H2,1-3H3,(H,26,31)(H,27,33)/t20-,21-/m0/s1. The summed E-state index contributed by atoms with van der Waals surface area (Å²) in [7, 11) is 1.54. The van der Waals surface area contributed by atoms with Crippen molar-refractivity contribution in [2.24, 2.45) is 0 Å². The van der Waals surface area contributed by atoms with Gasteiger partial charge in [0.1, 0.15) is 12.1 Å². The first-order valence-corrected chi connectivity index (χ1v) is 11.1. The number of urea groups is 1. The number of nitrogens with one attached hydrogen (secondary N) is 2. The molecule has 4 rings (SSSR count). The van der Waals surface area contributed by atoms with Crippen LogP contribution in [0.3, 0.4) is 0 Å². The van der Waals surface area contributed by atoms with Crippen molar-refractivity contribution in [3.05, 3.63) is 65.2 Å². The van der Waals surface area contributed by atoms with E-state index in [1.165, 1.54) is 11.9 Å². The van der Waals surface area contributed by atoms with Crippen molar-refractivity contribution in [1.82, 2.24) is 15.5 Å². The number of carbonyl (C=O) groups is 4. The van der Waals surface area contributed by atoms with E-state index in [-0.39, 0.29) is 24.8 Å². The zero-order valence-electron chi connectivity index (χ0n) is 19.0. The normalized spacial score (nSPS) is 20.0. The predicted molar refractivity (Wildman–Crippen MR) is 124 cm³/mol. The summed E-state index contributed by atoms with van der Waals surface area (Å²) in [5.74, 6) is -0.754. The molecule has 2 aliphatic heterocycles. The maximum absolute atomic E-state index is 13.2. The predicted octanol–water partition coefficient (Wildman–Crippen LogP) is 2.32. The molecule has 8 nitrogen and oxygen atoms in total. The van der Waals surface area contributed by atoms with Crippen LogP contribution in [0, 0.1) is 0 Å². The number of amides is 5. The van der Waals surface area contributed by atoms with Crippen molar-refractivity contribution in [3.63, 3.8) is 0 Å². The summed E-state index contributed by atoms with van der Waals surface area (Å²) in [6, 6.07) is 12.7. The van der Waals surface area contributed by atoms with E-state index in [1.807, 2.05) is 36.4 Å². The van der Waals surface area contributed by atoms with Gasteiger partial charge in [-0.05, 0) is 34.7 Å². The van der Waals surface area contributed by atoms with Gasteiger partial charge in [-0.25, -0.2) is 9.69 Å². The van der Waals surface area contributed by atoms with Gasteiger partial charge in [0.2, 0.25) is 11.8 Å². The van der Waals surface area contributed by atoms with Gasteiger partial charge in [-0.3, -0.25) is 14.4 Å². The second-order valence-electron chi connectivity index (χ2n) is 8.75. The van der Waals surface area contributed by atoms with Gasteiger partial charge in [0, 0.05) is 20.0 Å². The summed E-state index contributed by atoms with van der Waals surface area (Å²) >= 11 is 0. The molecule has 2 aliphatic rings. The van der Waals surface area contributed by atoms with E-state index in [2.05, 4.69) is 24.5 Å². The number of imide groups is 1. The molecule has 33 heavy (non-hydrogen) atoms. The van der Waals surface area contributed by atoms with Gasteiger partial charge in [-0.1, -0.05) is 50.2 Å². The van der Waals surface area contributed by atoms with E-state index in [1.54, 1.807) is 12.1 Å². The number of rotatable bonds is 5. The second-order valence-corrected chi connectivity index (χ2v) is 8.75. The van der Waals surface area contributed by atoms with Crippen LogP contribution in [0.15, 0.2) is 48.5 Å². The molecule has 0 aromatic heterocycles. The monoisotopic (exact) mass is 448 g/mol. The lowest BCUT2D eigenvalue weighted by Gasteiger charge is -2.36. The van der Waals surface area contributed by atoms with Crippen LogP contribution in [-0.2, 0) is 27.3 Å². The maximum Gasteiger partial charge on any atom is 0.329 e. The van der Waals surface area contributed by atoms with Gasteiger partial charge in [-0.2, -0.15) is 0 Å². The molecule has 0 spiro atoms. The summed E-state index contributed by atoms with van der Waals surface area (Å²) in [6.45, 7) is 4.41. The third-order valence-corrected chi connectivity index (χ3v) is 6.33. The van der Waals surface area contributed by atoms with Crippen LogP contribution in [0.4, 0.5) is 10.5 Å². The van der Waals surface area contributed by atoms with E-state index < -0.39 is 24.0 Å². The number of nitrogens with zero attached hydrogens (tertiary/aromatic N) is 2. The highest BCUT2D eigenvalue weighted by Crippen LogP contribution is 2.27. The van der Waals surface area contributed by atoms with Gasteiger partial charge in [0.15, 0.2) is 0 Å². The average molecular weight is 449 g/mol. The Bertz CT molecular complexity index is 1100. The van der Waals surface area contributed by atoms with Gasteiger partial charge < -0.3 is 15.5 Å². The van der Waals surface area contributed by atoms with Crippen LogP contribution < -0.4 is 15.5 Å². The van der Waals surface area contributed by atoms with E-state index in [4.69, 9.17) is 0 Å². The SMILES string of the molecule is CNC(=O)[C@@H]1Cc2ccccc2CN1C(=O)C[C@@H]1NC(=O)N(c2ccc(C(C)C)cc2)C1=O. The van der Waals surface area contributed by atoms with Crippen LogP contribution in [0.5, 0.6) is 0 Å². The van der Waals surface area contributed by atoms with Crippen molar-refractivity contribution in [3.8, 4) is 0 Å². The van der Waals surface area contributed by atoms with Crippen LogP contribution in [0.2, 0.25) is 0 Å². The molecule has 2 aromatic rings. The Labute approximate surface area is 192 Å².